The third kappa shape index (κ3) is 7.65. The van der Waals surface area contributed by atoms with Crippen LogP contribution < -0.4 is 10.1 Å². The smallest absolute Gasteiger partial charge is 0.422 e. The number of halogens is 3. The highest BCUT2D eigenvalue weighted by atomic mass is 19.4. The summed E-state index contributed by atoms with van der Waals surface area (Å²) in [5.74, 6) is -0.834. The fourth-order valence-corrected chi connectivity index (χ4v) is 2.45. The Labute approximate surface area is 156 Å². The van der Waals surface area contributed by atoms with Crippen LogP contribution in [0, 0.1) is 0 Å². The van der Waals surface area contributed by atoms with Crippen molar-refractivity contribution in [2.24, 2.45) is 0 Å². The van der Waals surface area contributed by atoms with Gasteiger partial charge in [0.15, 0.2) is 6.61 Å². The lowest BCUT2D eigenvalue weighted by atomic mass is 10.2. The van der Waals surface area contributed by atoms with E-state index in [9.17, 15) is 18.0 Å². The molecule has 0 fully saturated rings. The molecule has 0 saturated heterocycles. The first-order valence-electron chi connectivity index (χ1n) is 8.50. The van der Waals surface area contributed by atoms with E-state index >= 15 is 0 Å². The molecule has 0 aliphatic heterocycles. The van der Waals surface area contributed by atoms with Gasteiger partial charge in [0.25, 0.3) is 5.91 Å². The first kappa shape index (κ1) is 20.7. The quantitative estimate of drug-likeness (QED) is 0.678. The van der Waals surface area contributed by atoms with Crippen molar-refractivity contribution in [3.8, 4) is 5.88 Å². The Balaban J connectivity index is 1.77. The van der Waals surface area contributed by atoms with Crippen LogP contribution in [0.15, 0.2) is 48.7 Å². The van der Waals surface area contributed by atoms with Crippen LogP contribution in [0.4, 0.5) is 13.2 Å². The van der Waals surface area contributed by atoms with Gasteiger partial charge in [0.2, 0.25) is 5.88 Å². The lowest BCUT2D eigenvalue weighted by Crippen LogP contribution is -2.29. The molecule has 5 nitrogen and oxygen atoms in total. The van der Waals surface area contributed by atoms with Crippen molar-refractivity contribution in [1.82, 2.24) is 15.2 Å². The average Bonchev–Trinajstić information content (AvgIpc) is 2.64. The summed E-state index contributed by atoms with van der Waals surface area (Å²) in [6.07, 6.45) is -2.51. The maximum atomic E-state index is 12.3. The van der Waals surface area contributed by atoms with E-state index in [1.54, 1.807) is 0 Å². The number of alkyl halides is 3. The fourth-order valence-electron chi connectivity index (χ4n) is 2.45. The van der Waals surface area contributed by atoms with Crippen molar-refractivity contribution in [3.05, 3.63) is 59.8 Å². The van der Waals surface area contributed by atoms with Crippen molar-refractivity contribution < 1.29 is 22.7 Å². The van der Waals surface area contributed by atoms with Crippen molar-refractivity contribution in [2.45, 2.75) is 19.1 Å². The SMILES string of the molecule is CN(CCCNC(=O)c1cccnc1OCC(F)(F)F)Cc1ccccc1. The van der Waals surface area contributed by atoms with E-state index < -0.39 is 18.7 Å². The third-order valence-corrected chi connectivity index (χ3v) is 3.69. The maximum Gasteiger partial charge on any atom is 0.422 e. The molecule has 0 radical (unpaired) electrons. The van der Waals surface area contributed by atoms with Gasteiger partial charge in [-0.05, 0) is 37.7 Å². The number of amides is 1. The lowest BCUT2D eigenvalue weighted by Gasteiger charge is -2.17. The lowest BCUT2D eigenvalue weighted by molar-refractivity contribution is -0.154. The summed E-state index contributed by atoms with van der Waals surface area (Å²) >= 11 is 0. The van der Waals surface area contributed by atoms with Crippen LogP contribution in [0.3, 0.4) is 0 Å². The molecule has 1 aromatic carbocycles. The number of aromatic nitrogens is 1. The molecule has 0 unspecified atom stereocenters. The van der Waals surface area contributed by atoms with Gasteiger partial charge in [-0.3, -0.25) is 4.79 Å². The van der Waals surface area contributed by atoms with Gasteiger partial charge in [0, 0.05) is 19.3 Å². The van der Waals surface area contributed by atoms with E-state index in [0.29, 0.717) is 13.0 Å². The second-order valence-corrected chi connectivity index (χ2v) is 6.09. The minimum absolute atomic E-state index is 0.0145. The van der Waals surface area contributed by atoms with E-state index in [-0.39, 0.29) is 11.4 Å². The van der Waals surface area contributed by atoms with E-state index in [0.717, 1.165) is 13.1 Å². The number of hydrogen-bond acceptors (Lipinski definition) is 4. The van der Waals surface area contributed by atoms with Crippen molar-refractivity contribution >= 4 is 5.91 Å². The molecule has 1 N–H and O–H groups in total. The average molecular weight is 381 g/mol. The number of nitrogens with one attached hydrogen (secondary N) is 1. The molecule has 8 heteroatoms. The summed E-state index contributed by atoms with van der Waals surface area (Å²) < 4.78 is 41.5. The summed E-state index contributed by atoms with van der Waals surface area (Å²) in [6, 6.07) is 12.9. The zero-order valence-electron chi connectivity index (χ0n) is 15.0. The van der Waals surface area contributed by atoms with Crippen LogP contribution in [0.2, 0.25) is 0 Å². The molecule has 0 bridgehead atoms. The number of benzene rings is 1. The molecule has 2 rings (SSSR count). The first-order valence-corrected chi connectivity index (χ1v) is 8.50. The molecule has 27 heavy (non-hydrogen) atoms. The molecule has 0 atom stereocenters. The van der Waals surface area contributed by atoms with Crippen molar-refractivity contribution in [3.63, 3.8) is 0 Å². The largest absolute Gasteiger partial charge is 0.467 e. The standard InChI is InChI=1S/C19H22F3N3O2/c1-25(13-15-7-3-2-4-8-15)12-6-11-23-17(26)16-9-5-10-24-18(16)27-14-19(20,21)22/h2-5,7-10H,6,11-14H2,1H3,(H,23,26). The summed E-state index contributed by atoms with van der Waals surface area (Å²) in [6.45, 7) is 0.465. The number of rotatable bonds is 9. The van der Waals surface area contributed by atoms with E-state index in [1.807, 2.05) is 37.4 Å². The minimum Gasteiger partial charge on any atom is -0.467 e. The van der Waals surface area contributed by atoms with Crippen LogP contribution in [0.5, 0.6) is 5.88 Å². The fraction of sp³-hybridized carbons (Fsp3) is 0.368. The van der Waals surface area contributed by atoms with Crippen LogP contribution in [-0.2, 0) is 6.54 Å². The predicted molar refractivity (Wildman–Crippen MR) is 95.5 cm³/mol. The molecule has 0 aliphatic carbocycles. The highest BCUT2D eigenvalue weighted by Gasteiger charge is 2.29. The maximum absolute atomic E-state index is 12.3. The van der Waals surface area contributed by atoms with E-state index in [1.165, 1.54) is 23.9 Å². The highest BCUT2D eigenvalue weighted by molar-refractivity contribution is 5.96. The number of hydrogen-bond donors (Lipinski definition) is 1. The van der Waals surface area contributed by atoms with Gasteiger partial charge in [-0.15, -0.1) is 0 Å². The van der Waals surface area contributed by atoms with Crippen LogP contribution >= 0.6 is 0 Å². The minimum atomic E-state index is -4.49. The molecule has 1 amide bonds. The van der Waals surface area contributed by atoms with Gasteiger partial charge in [-0.25, -0.2) is 4.98 Å². The molecule has 1 heterocycles. The normalized spacial score (nSPS) is 11.4. The number of carbonyl (C=O) groups is 1. The Kier molecular flexibility index (Phi) is 7.60. The molecule has 146 valence electrons. The zero-order chi connectivity index (χ0) is 19.7. The summed E-state index contributed by atoms with van der Waals surface area (Å²) in [4.78, 5) is 18.0. The van der Waals surface area contributed by atoms with E-state index in [2.05, 4.69) is 19.9 Å². The number of ether oxygens (including phenoxy) is 1. The van der Waals surface area contributed by atoms with Gasteiger partial charge in [0.05, 0.1) is 0 Å². The molecule has 1 aromatic heterocycles. The van der Waals surface area contributed by atoms with Crippen molar-refractivity contribution in [1.29, 1.82) is 0 Å². The van der Waals surface area contributed by atoms with Gasteiger partial charge < -0.3 is 15.0 Å². The Morgan fingerprint density at radius 1 is 1.19 bits per heavy atom. The molecular formula is C19H22F3N3O2. The second-order valence-electron chi connectivity index (χ2n) is 6.09. The Bertz CT molecular complexity index is 724. The predicted octanol–water partition coefficient (Wildman–Crippen LogP) is 3.27. The van der Waals surface area contributed by atoms with Crippen LogP contribution in [-0.4, -0.2) is 48.7 Å². The molecule has 0 spiro atoms. The summed E-state index contributed by atoms with van der Waals surface area (Å²) in [7, 11) is 1.99. The first-order chi connectivity index (χ1) is 12.8. The highest BCUT2D eigenvalue weighted by Crippen LogP contribution is 2.19. The topological polar surface area (TPSA) is 54.5 Å². The molecular weight excluding hydrogens is 359 g/mol. The van der Waals surface area contributed by atoms with E-state index in [4.69, 9.17) is 0 Å². The van der Waals surface area contributed by atoms with Crippen molar-refractivity contribution in [2.75, 3.05) is 26.7 Å². The van der Waals surface area contributed by atoms with Crippen LogP contribution in [0.1, 0.15) is 22.3 Å². The summed E-state index contributed by atoms with van der Waals surface area (Å²) in [5, 5.41) is 2.69. The monoisotopic (exact) mass is 381 g/mol. The number of pyridine rings is 1. The van der Waals surface area contributed by atoms with Gasteiger partial charge in [-0.2, -0.15) is 13.2 Å². The van der Waals surface area contributed by atoms with Gasteiger partial charge in [-0.1, -0.05) is 30.3 Å². The van der Waals surface area contributed by atoms with Gasteiger partial charge >= 0.3 is 6.18 Å². The summed E-state index contributed by atoms with van der Waals surface area (Å²) in [5.41, 5.74) is 1.19. The molecule has 0 aliphatic rings. The van der Waals surface area contributed by atoms with Gasteiger partial charge in [0.1, 0.15) is 5.56 Å². The van der Waals surface area contributed by atoms with Crippen LogP contribution in [0.25, 0.3) is 0 Å². The third-order valence-electron chi connectivity index (χ3n) is 3.69. The zero-order valence-corrected chi connectivity index (χ0v) is 15.0. The number of nitrogens with zero attached hydrogens (tertiary/aromatic N) is 2. The second kappa shape index (κ2) is 9.91. The number of carbonyl (C=O) groups excluding carboxylic acids is 1. The molecule has 0 saturated carbocycles. The molecule has 2 aromatic rings. The Hall–Kier alpha value is -2.61. The Morgan fingerprint density at radius 3 is 2.63 bits per heavy atom. The Morgan fingerprint density at radius 2 is 1.93 bits per heavy atom.